The molecule has 170 valence electrons. The van der Waals surface area contributed by atoms with Gasteiger partial charge in [-0.3, -0.25) is 10.0 Å². The molecule has 0 spiro atoms. The van der Waals surface area contributed by atoms with E-state index in [0.29, 0.717) is 37.7 Å². The van der Waals surface area contributed by atoms with E-state index >= 15 is 0 Å². The fraction of sp³-hybridized carbons (Fsp3) is 0.273. The summed E-state index contributed by atoms with van der Waals surface area (Å²) < 4.78 is 31.8. The van der Waals surface area contributed by atoms with Crippen LogP contribution in [-0.4, -0.2) is 36.1 Å². The summed E-state index contributed by atoms with van der Waals surface area (Å²) >= 11 is 1.26. The first kappa shape index (κ1) is 23.9. The van der Waals surface area contributed by atoms with Gasteiger partial charge in [0, 0.05) is 6.42 Å². The minimum Gasteiger partial charge on any atom is -0.495 e. The van der Waals surface area contributed by atoms with Gasteiger partial charge in [-0.2, -0.15) is 0 Å². The van der Waals surface area contributed by atoms with Crippen molar-refractivity contribution in [1.29, 1.82) is 0 Å². The number of rotatable bonds is 9. The maximum absolute atomic E-state index is 13.1. The molecule has 0 radical (unpaired) electrons. The summed E-state index contributed by atoms with van der Waals surface area (Å²) in [4.78, 5) is 16.8. The second kappa shape index (κ2) is 10.2. The molecule has 0 aliphatic heterocycles. The molecule has 0 unspecified atom stereocenters. The second-order valence-electron chi connectivity index (χ2n) is 7.07. The number of amides is 1. The van der Waals surface area contributed by atoms with E-state index < -0.39 is 10.0 Å². The fourth-order valence-electron chi connectivity index (χ4n) is 3.08. The van der Waals surface area contributed by atoms with Gasteiger partial charge in [-0.05, 0) is 42.7 Å². The molecular formula is C22H25N3O5S2. The van der Waals surface area contributed by atoms with Crippen molar-refractivity contribution in [3.8, 4) is 16.2 Å². The first-order valence-corrected chi connectivity index (χ1v) is 12.2. The standard InChI is InChI=1S/C22H25N3O5S2/c1-4-8-20(26)24-22-23-15(2)21(31-22)17-11-12-18(30-3)19(13-17)32(28,29)25(27)14-16-9-6-5-7-10-16/h5-7,9-13,27H,4,8,14H2,1-3H3,(H,23,24,26). The summed E-state index contributed by atoms with van der Waals surface area (Å²) in [7, 11) is -2.90. The fourth-order valence-corrected chi connectivity index (χ4v) is 5.29. The third-order valence-electron chi connectivity index (χ3n) is 4.66. The Balaban J connectivity index is 1.95. The van der Waals surface area contributed by atoms with E-state index in [4.69, 9.17) is 4.74 Å². The molecule has 1 aromatic heterocycles. The molecule has 8 nitrogen and oxygen atoms in total. The van der Waals surface area contributed by atoms with Crippen LogP contribution in [0.3, 0.4) is 0 Å². The van der Waals surface area contributed by atoms with Crippen LogP contribution in [0.1, 0.15) is 31.0 Å². The normalized spacial score (nSPS) is 11.5. The van der Waals surface area contributed by atoms with Crippen LogP contribution in [-0.2, 0) is 21.4 Å². The number of methoxy groups -OCH3 is 1. The van der Waals surface area contributed by atoms with Crippen molar-refractivity contribution in [2.45, 2.75) is 38.1 Å². The van der Waals surface area contributed by atoms with Crippen LogP contribution in [0.25, 0.3) is 10.4 Å². The molecule has 2 N–H and O–H groups in total. The summed E-state index contributed by atoms with van der Waals surface area (Å²) in [6.45, 7) is 3.50. The lowest BCUT2D eigenvalue weighted by Gasteiger charge is -2.18. The molecule has 32 heavy (non-hydrogen) atoms. The van der Waals surface area contributed by atoms with Gasteiger partial charge in [-0.25, -0.2) is 13.4 Å². The van der Waals surface area contributed by atoms with Gasteiger partial charge in [-0.1, -0.05) is 53.1 Å². The Morgan fingerprint density at radius 3 is 2.59 bits per heavy atom. The number of nitrogens with zero attached hydrogens (tertiary/aromatic N) is 2. The molecule has 3 aromatic rings. The number of thiazole rings is 1. The Hall–Kier alpha value is -2.79. The summed E-state index contributed by atoms with van der Waals surface area (Å²) in [5.41, 5.74) is 1.88. The van der Waals surface area contributed by atoms with Gasteiger partial charge in [0.2, 0.25) is 5.91 Å². The molecule has 0 aliphatic carbocycles. The number of hydrogen-bond donors (Lipinski definition) is 2. The predicted molar refractivity (Wildman–Crippen MR) is 123 cm³/mol. The first-order valence-electron chi connectivity index (χ1n) is 9.97. The van der Waals surface area contributed by atoms with Gasteiger partial charge >= 0.3 is 0 Å². The molecule has 0 fully saturated rings. The summed E-state index contributed by atoms with van der Waals surface area (Å²) in [5, 5.41) is 13.6. The number of sulfonamides is 1. The summed E-state index contributed by atoms with van der Waals surface area (Å²) in [5.74, 6) is -0.0119. The Labute approximate surface area is 191 Å². The van der Waals surface area contributed by atoms with E-state index in [9.17, 15) is 18.4 Å². The van der Waals surface area contributed by atoms with Crippen molar-refractivity contribution in [2.75, 3.05) is 12.4 Å². The minimum atomic E-state index is -4.26. The average Bonchev–Trinajstić information content (AvgIpc) is 3.13. The smallest absolute Gasteiger partial charge is 0.268 e. The lowest BCUT2D eigenvalue weighted by atomic mass is 10.1. The molecule has 2 aromatic carbocycles. The topological polar surface area (TPSA) is 109 Å². The molecule has 10 heteroatoms. The van der Waals surface area contributed by atoms with Crippen LogP contribution in [0.2, 0.25) is 0 Å². The average molecular weight is 476 g/mol. The summed E-state index contributed by atoms with van der Waals surface area (Å²) in [6, 6.07) is 13.5. The van der Waals surface area contributed by atoms with Crippen molar-refractivity contribution in [2.24, 2.45) is 0 Å². The Morgan fingerprint density at radius 2 is 1.94 bits per heavy atom. The van der Waals surface area contributed by atoms with E-state index in [1.807, 2.05) is 13.0 Å². The Kier molecular flexibility index (Phi) is 7.62. The number of carbonyl (C=O) groups is 1. The monoisotopic (exact) mass is 475 g/mol. The lowest BCUT2D eigenvalue weighted by Crippen LogP contribution is -2.27. The number of carbonyl (C=O) groups excluding carboxylic acids is 1. The third-order valence-corrected chi connectivity index (χ3v) is 7.34. The van der Waals surface area contributed by atoms with Crippen molar-refractivity contribution >= 4 is 32.4 Å². The van der Waals surface area contributed by atoms with E-state index in [2.05, 4.69) is 10.3 Å². The predicted octanol–water partition coefficient (Wildman–Crippen LogP) is 4.45. The van der Waals surface area contributed by atoms with Crippen molar-refractivity contribution < 1.29 is 23.2 Å². The molecular weight excluding hydrogens is 450 g/mol. The highest BCUT2D eigenvalue weighted by molar-refractivity contribution is 7.89. The molecule has 1 amide bonds. The number of hydrogen-bond acceptors (Lipinski definition) is 7. The van der Waals surface area contributed by atoms with Crippen molar-refractivity contribution in [1.82, 2.24) is 9.45 Å². The molecule has 0 atom stereocenters. The maximum atomic E-state index is 13.1. The number of ether oxygens (including phenoxy) is 1. The Bertz CT molecular complexity index is 1190. The molecule has 3 rings (SSSR count). The highest BCUT2D eigenvalue weighted by Gasteiger charge is 2.28. The highest BCUT2D eigenvalue weighted by atomic mass is 32.2. The zero-order valence-corrected chi connectivity index (χ0v) is 19.7. The summed E-state index contributed by atoms with van der Waals surface area (Å²) in [6.07, 6.45) is 1.12. The molecule has 0 bridgehead atoms. The van der Waals surface area contributed by atoms with Gasteiger partial charge < -0.3 is 10.1 Å². The Morgan fingerprint density at radius 1 is 1.22 bits per heavy atom. The number of aromatic nitrogens is 1. The van der Waals surface area contributed by atoms with E-state index in [1.54, 1.807) is 37.3 Å². The number of benzene rings is 2. The number of hydroxylamine groups is 1. The van der Waals surface area contributed by atoms with E-state index in [0.717, 1.165) is 6.42 Å². The van der Waals surface area contributed by atoms with Crippen LogP contribution < -0.4 is 10.1 Å². The van der Waals surface area contributed by atoms with Gasteiger partial charge in [0.1, 0.15) is 10.6 Å². The second-order valence-corrected chi connectivity index (χ2v) is 9.88. The van der Waals surface area contributed by atoms with E-state index in [-0.39, 0.29) is 23.1 Å². The van der Waals surface area contributed by atoms with Gasteiger partial charge in [-0.15, -0.1) is 0 Å². The molecule has 0 saturated heterocycles. The number of aryl methyl sites for hydroxylation is 1. The van der Waals surface area contributed by atoms with Gasteiger partial charge in [0.25, 0.3) is 10.0 Å². The van der Waals surface area contributed by atoms with Gasteiger partial charge in [0.15, 0.2) is 5.13 Å². The van der Waals surface area contributed by atoms with Crippen molar-refractivity contribution in [3.05, 3.63) is 59.8 Å². The van der Waals surface area contributed by atoms with Gasteiger partial charge in [0.05, 0.1) is 24.2 Å². The largest absolute Gasteiger partial charge is 0.495 e. The number of anilines is 1. The quantitative estimate of drug-likeness (QED) is 0.443. The number of nitrogens with one attached hydrogen (secondary N) is 1. The lowest BCUT2D eigenvalue weighted by molar-refractivity contribution is -0.116. The molecule has 0 saturated carbocycles. The SMILES string of the molecule is CCCC(=O)Nc1nc(C)c(-c2ccc(OC)c(S(=O)(=O)N(O)Cc3ccccc3)c2)s1. The van der Waals surface area contributed by atoms with Crippen LogP contribution in [0, 0.1) is 6.92 Å². The van der Waals surface area contributed by atoms with E-state index in [1.165, 1.54) is 30.6 Å². The van der Waals surface area contributed by atoms with Crippen LogP contribution in [0.15, 0.2) is 53.4 Å². The minimum absolute atomic E-state index is 0.111. The molecule has 0 aliphatic rings. The highest BCUT2D eigenvalue weighted by Crippen LogP contribution is 2.37. The van der Waals surface area contributed by atoms with Crippen LogP contribution in [0.4, 0.5) is 5.13 Å². The zero-order chi connectivity index (χ0) is 23.3. The van der Waals surface area contributed by atoms with Crippen LogP contribution in [0.5, 0.6) is 5.75 Å². The third kappa shape index (κ3) is 5.33. The molecule has 1 heterocycles. The first-order chi connectivity index (χ1) is 15.3. The maximum Gasteiger partial charge on any atom is 0.268 e. The van der Waals surface area contributed by atoms with Crippen molar-refractivity contribution in [3.63, 3.8) is 0 Å². The zero-order valence-electron chi connectivity index (χ0n) is 18.0. The van der Waals surface area contributed by atoms with Crippen LogP contribution >= 0.6 is 11.3 Å².